The molecule has 1 amide bonds. The molecule has 2 aliphatic rings. The number of likely N-dealkylation sites (tertiary alicyclic amines) is 1. The Kier molecular flexibility index (Phi) is 8.60. The quantitative estimate of drug-likeness (QED) is 0.844. The number of hydrogen-bond donors (Lipinski definition) is 1. The smallest absolute Gasteiger partial charge is 0.236 e. The van der Waals surface area contributed by atoms with Crippen LogP contribution in [0, 0.1) is 5.92 Å². The molecule has 1 heterocycles. The maximum atomic E-state index is 12.3. The van der Waals surface area contributed by atoms with Crippen LogP contribution in [-0.4, -0.2) is 62.0 Å². The van der Waals surface area contributed by atoms with Crippen molar-refractivity contribution >= 4 is 18.3 Å². The number of piperidine rings is 1. The van der Waals surface area contributed by atoms with Crippen LogP contribution in [0.15, 0.2) is 0 Å². The van der Waals surface area contributed by atoms with Gasteiger partial charge in [0.2, 0.25) is 5.91 Å². The van der Waals surface area contributed by atoms with Crippen molar-refractivity contribution in [3.63, 3.8) is 0 Å². The summed E-state index contributed by atoms with van der Waals surface area (Å²) in [4.78, 5) is 16.6. The molecule has 2 fully saturated rings. The molecule has 1 N–H and O–H groups in total. The molecule has 124 valence electrons. The van der Waals surface area contributed by atoms with Crippen LogP contribution < -0.4 is 5.32 Å². The van der Waals surface area contributed by atoms with Gasteiger partial charge in [-0.15, -0.1) is 12.4 Å². The van der Waals surface area contributed by atoms with Crippen molar-refractivity contribution in [2.75, 3.05) is 40.3 Å². The Balaban J connectivity index is 0.00000220. The van der Waals surface area contributed by atoms with E-state index < -0.39 is 0 Å². The molecule has 1 unspecified atom stereocenters. The minimum atomic E-state index is 0. The van der Waals surface area contributed by atoms with Crippen molar-refractivity contribution in [2.45, 2.75) is 51.0 Å². The lowest BCUT2D eigenvalue weighted by molar-refractivity contribution is -0.132. The minimum absolute atomic E-state index is 0. The second-order valence-corrected chi connectivity index (χ2v) is 6.64. The van der Waals surface area contributed by atoms with Gasteiger partial charge in [0.25, 0.3) is 0 Å². The molecule has 1 aliphatic heterocycles. The summed E-state index contributed by atoms with van der Waals surface area (Å²) in [6, 6.07) is 0.556. The first-order valence-electron chi connectivity index (χ1n) is 8.32. The molecule has 21 heavy (non-hydrogen) atoms. The molecule has 5 heteroatoms. The van der Waals surface area contributed by atoms with Gasteiger partial charge in [0.1, 0.15) is 0 Å². The zero-order valence-electron chi connectivity index (χ0n) is 13.6. The van der Waals surface area contributed by atoms with E-state index in [2.05, 4.69) is 10.2 Å². The van der Waals surface area contributed by atoms with Crippen molar-refractivity contribution in [3.8, 4) is 0 Å². The second-order valence-electron chi connectivity index (χ2n) is 6.64. The average Bonchev–Trinajstić information content (AvgIpc) is 2.48. The van der Waals surface area contributed by atoms with E-state index >= 15 is 0 Å². The predicted octanol–water partition coefficient (Wildman–Crippen LogP) is 2.13. The highest BCUT2D eigenvalue weighted by atomic mass is 35.5. The third kappa shape index (κ3) is 6.13. The zero-order valence-corrected chi connectivity index (χ0v) is 14.5. The van der Waals surface area contributed by atoms with Crippen molar-refractivity contribution < 1.29 is 4.79 Å². The van der Waals surface area contributed by atoms with Gasteiger partial charge < -0.3 is 10.2 Å². The van der Waals surface area contributed by atoms with E-state index in [1.807, 2.05) is 19.0 Å². The van der Waals surface area contributed by atoms with Crippen LogP contribution in [0.3, 0.4) is 0 Å². The maximum Gasteiger partial charge on any atom is 0.236 e. The molecule has 0 aromatic heterocycles. The van der Waals surface area contributed by atoms with E-state index in [-0.39, 0.29) is 12.4 Å². The Hall–Kier alpha value is -0.320. The molecule has 1 atom stereocenters. The molecule has 1 saturated heterocycles. The lowest BCUT2D eigenvalue weighted by Crippen LogP contribution is -2.48. The number of amides is 1. The van der Waals surface area contributed by atoms with Crippen LogP contribution in [0.4, 0.5) is 0 Å². The molecule has 1 aliphatic carbocycles. The van der Waals surface area contributed by atoms with Crippen LogP contribution in [0.2, 0.25) is 0 Å². The van der Waals surface area contributed by atoms with Gasteiger partial charge in [0.15, 0.2) is 0 Å². The predicted molar refractivity (Wildman–Crippen MR) is 90.0 cm³/mol. The summed E-state index contributed by atoms with van der Waals surface area (Å²) in [6.45, 7) is 3.64. The molecule has 4 nitrogen and oxygen atoms in total. The van der Waals surface area contributed by atoms with Crippen LogP contribution in [0.5, 0.6) is 0 Å². The summed E-state index contributed by atoms with van der Waals surface area (Å²) in [5.74, 6) is 1.04. The topological polar surface area (TPSA) is 35.6 Å². The number of halogens is 1. The summed E-state index contributed by atoms with van der Waals surface area (Å²) >= 11 is 0. The Morgan fingerprint density at radius 3 is 2.57 bits per heavy atom. The first kappa shape index (κ1) is 18.7. The maximum absolute atomic E-state index is 12.3. The fourth-order valence-corrected chi connectivity index (χ4v) is 3.61. The number of hydrogen-bond acceptors (Lipinski definition) is 3. The standard InChI is InChI=1S/C16H31N3O.ClH/c1-17-15-9-6-10-19(12-15)13-16(20)18(2)11-14-7-4-3-5-8-14;/h14-15,17H,3-13H2,1-2H3;1H. The van der Waals surface area contributed by atoms with Gasteiger partial charge >= 0.3 is 0 Å². The highest BCUT2D eigenvalue weighted by molar-refractivity contribution is 5.85. The SMILES string of the molecule is CNC1CCCN(CC(=O)N(C)CC2CCCCC2)C1.Cl. The average molecular weight is 318 g/mol. The molecule has 0 radical (unpaired) electrons. The summed E-state index contributed by atoms with van der Waals surface area (Å²) in [5, 5.41) is 3.34. The second kappa shape index (κ2) is 9.65. The highest BCUT2D eigenvalue weighted by Gasteiger charge is 2.23. The number of nitrogens with one attached hydrogen (secondary N) is 1. The van der Waals surface area contributed by atoms with E-state index in [0.29, 0.717) is 18.5 Å². The van der Waals surface area contributed by atoms with Crippen molar-refractivity contribution in [1.82, 2.24) is 15.1 Å². The Morgan fingerprint density at radius 1 is 1.19 bits per heavy atom. The van der Waals surface area contributed by atoms with E-state index in [9.17, 15) is 4.79 Å². The summed E-state index contributed by atoms with van der Waals surface area (Å²) in [7, 11) is 4.00. The Bertz CT molecular complexity index is 308. The summed E-state index contributed by atoms with van der Waals surface area (Å²) < 4.78 is 0. The van der Waals surface area contributed by atoms with Crippen LogP contribution in [0.25, 0.3) is 0 Å². The summed E-state index contributed by atoms with van der Waals surface area (Å²) in [5.41, 5.74) is 0. The third-order valence-electron chi connectivity index (χ3n) is 4.96. The van der Waals surface area contributed by atoms with Crippen molar-refractivity contribution in [3.05, 3.63) is 0 Å². The molecule has 0 spiro atoms. The summed E-state index contributed by atoms with van der Waals surface area (Å²) in [6.07, 6.45) is 9.13. The first-order chi connectivity index (χ1) is 9.69. The van der Waals surface area contributed by atoms with Gasteiger partial charge in [-0.2, -0.15) is 0 Å². The van der Waals surface area contributed by atoms with Gasteiger partial charge in [0, 0.05) is 26.2 Å². The molecular formula is C16H32ClN3O. The monoisotopic (exact) mass is 317 g/mol. The number of carbonyl (C=O) groups excluding carboxylic acids is 1. The molecular weight excluding hydrogens is 286 g/mol. The molecule has 0 aromatic rings. The Labute approximate surface area is 136 Å². The van der Waals surface area contributed by atoms with E-state index in [1.54, 1.807) is 0 Å². The van der Waals surface area contributed by atoms with Crippen LogP contribution in [0.1, 0.15) is 44.9 Å². The largest absolute Gasteiger partial charge is 0.344 e. The van der Waals surface area contributed by atoms with Crippen molar-refractivity contribution in [2.24, 2.45) is 5.92 Å². The highest BCUT2D eigenvalue weighted by Crippen LogP contribution is 2.24. The molecule has 0 aromatic carbocycles. The van der Waals surface area contributed by atoms with E-state index in [1.165, 1.54) is 44.9 Å². The number of rotatable bonds is 5. The number of carbonyl (C=O) groups is 1. The van der Waals surface area contributed by atoms with Gasteiger partial charge in [-0.3, -0.25) is 9.69 Å². The lowest BCUT2D eigenvalue weighted by atomic mass is 9.89. The van der Waals surface area contributed by atoms with Gasteiger partial charge in [-0.1, -0.05) is 19.3 Å². The van der Waals surface area contributed by atoms with Gasteiger partial charge in [0.05, 0.1) is 6.54 Å². The first-order valence-corrected chi connectivity index (χ1v) is 8.32. The fourth-order valence-electron chi connectivity index (χ4n) is 3.61. The fraction of sp³-hybridized carbons (Fsp3) is 0.938. The van der Waals surface area contributed by atoms with Gasteiger partial charge in [-0.05, 0) is 45.2 Å². The van der Waals surface area contributed by atoms with Crippen LogP contribution >= 0.6 is 12.4 Å². The molecule has 1 saturated carbocycles. The molecule has 0 bridgehead atoms. The van der Waals surface area contributed by atoms with Crippen LogP contribution in [-0.2, 0) is 4.79 Å². The van der Waals surface area contributed by atoms with Crippen molar-refractivity contribution in [1.29, 1.82) is 0 Å². The number of nitrogens with zero attached hydrogens (tertiary/aromatic N) is 2. The minimum Gasteiger partial charge on any atom is -0.344 e. The Morgan fingerprint density at radius 2 is 1.90 bits per heavy atom. The number of likely N-dealkylation sites (N-methyl/N-ethyl adjacent to an activating group) is 2. The van der Waals surface area contributed by atoms with E-state index in [4.69, 9.17) is 0 Å². The normalized spacial score (nSPS) is 24.4. The lowest BCUT2D eigenvalue weighted by Gasteiger charge is -2.34. The van der Waals surface area contributed by atoms with Gasteiger partial charge in [-0.25, -0.2) is 0 Å². The molecule has 2 rings (SSSR count). The third-order valence-corrected chi connectivity index (χ3v) is 4.96. The van der Waals surface area contributed by atoms with E-state index in [0.717, 1.165) is 25.6 Å². The zero-order chi connectivity index (χ0) is 14.4.